The molecule has 2 N–H and O–H groups in total. The molecule has 29 heavy (non-hydrogen) atoms. The highest BCUT2D eigenvalue weighted by Crippen LogP contribution is 2.56. The minimum Gasteiger partial charge on any atom is -0.508 e. The van der Waals surface area contributed by atoms with Gasteiger partial charge in [0.1, 0.15) is 14.7 Å². The number of fused-ring (bicyclic) bond motifs is 1. The quantitative estimate of drug-likeness (QED) is 0.412. The van der Waals surface area contributed by atoms with E-state index in [0.717, 1.165) is 0 Å². The minimum absolute atomic E-state index is 0.0309. The van der Waals surface area contributed by atoms with Gasteiger partial charge in [-0.25, -0.2) is 4.18 Å². The first-order valence-electron chi connectivity index (χ1n) is 8.84. The Morgan fingerprint density at radius 2 is 1.48 bits per heavy atom. The van der Waals surface area contributed by atoms with Gasteiger partial charge in [0.05, 0.1) is 4.91 Å². The van der Waals surface area contributed by atoms with Crippen molar-refractivity contribution in [1.82, 2.24) is 0 Å². The highest BCUT2D eigenvalue weighted by molar-refractivity contribution is 9.25. The van der Waals surface area contributed by atoms with Gasteiger partial charge in [0, 0.05) is 5.57 Å². The monoisotopic (exact) mass is 540 g/mol. The molecule has 2 aromatic carbocycles. The second-order valence-electron chi connectivity index (χ2n) is 7.31. The van der Waals surface area contributed by atoms with Gasteiger partial charge in [-0.1, -0.05) is 62.2 Å². The molecule has 1 aliphatic carbocycles. The summed E-state index contributed by atoms with van der Waals surface area (Å²) in [6.07, 6.45) is 3.85. The van der Waals surface area contributed by atoms with Crippen LogP contribution in [0.2, 0.25) is 0 Å². The van der Waals surface area contributed by atoms with E-state index in [-0.39, 0.29) is 16.4 Å². The average molecular weight is 542 g/mol. The lowest BCUT2D eigenvalue weighted by molar-refractivity contribution is 0.180. The molecule has 0 saturated carbocycles. The first-order valence-corrected chi connectivity index (χ1v) is 11.8. The molecule has 2 aliphatic rings. The smallest absolute Gasteiger partial charge is 0.298 e. The molecule has 0 spiro atoms. The Balaban J connectivity index is 2.08. The fourth-order valence-electron chi connectivity index (χ4n) is 3.68. The first-order chi connectivity index (χ1) is 13.5. The zero-order valence-electron chi connectivity index (χ0n) is 15.6. The molecular weight excluding hydrogens is 524 g/mol. The highest BCUT2D eigenvalue weighted by Gasteiger charge is 2.56. The maximum atomic E-state index is 13.1. The zero-order chi connectivity index (χ0) is 21.2. The molecule has 5 nitrogen and oxygen atoms in total. The van der Waals surface area contributed by atoms with Crippen molar-refractivity contribution in [2.75, 3.05) is 0 Å². The normalized spacial score (nSPS) is 21.2. The van der Waals surface area contributed by atoms with Crippen molar-refractivity contribution in [3.8, 4) is 11.5 Å². The van der Waals surface area contributed by atoms with E-state index in [9.17, 15) is 18.6 Å². The summed E-state index contributed by atoms with van der Waals surface area (Å²) in [7, 11) is -4.10. The topological polar surface area (TPSA) is 83.8 Å². The number of aromatic hydroxyl groups is 2. The van der Waals surface area contributed by atoms with Crippen LogP contribution in [0.3, 0.4) is 0 Å². The Morgan fingerprint density at radius 3 is 1.97 bits per heavy atom. The van der Waals surface area contributed by atoms with Crippen molar-refractivity contribution >= 4 is 42.0 Å². The number of phenols is 2. The first kappa shape index (κ1) is 20.7. The molecule has 0 unspecified atom stereocenters. The van der Waals surface area contributed by atoms with Crippen molar-refractivity contribution in [3.05, 3.63) is 81.3 Å². The van der Waals surface area contributed by atoms with Gasteiger partial charge in [0.15, 0.2) is 5.60 Å². The van der Waals surface area contributed by atoms with E-state index in [4.69, 9.17) is 4.18 Å². The van der Waals surface area contributed by atoms with Gasteiger partial charge in [-0.05, 0) is 60.7 Å². The number of halogens is 2. The standard InChI is InChI=1S/C21H18Br2O5S/c1-12-3-5-14(9-17(12)24)21(15-6-4-13(2)18(25)10-15)16-7-8-20(22,23)11-19(16)29(26,27)28-21/h3-7,9-11,24-25H,8H2,1-2H3. The van der Waals surface area contributed by atoms with Crippen molar-refractivity contribution in [2.45, 2.75) is 29.1 Å². The largest absolute Gasteiger partial charge is 0.508 e. The molecule has 2 aromatic rings. The molecule has 1 aliphatic heterocycles. The average Bonchev–Trinajstić information content (AvgIpc) is 2.86. The lowest BCUT2D eigenvalue weighted by Gasteiger charge is -2.31. The lowest BCUT2D eigenvalue weighted by atomic mass is 9.77. The van der Waals surface area contributed by atoms with Gasteiger partial charge in [-0.15, -0.1) is 0 Å². The van der Waals surface area contributed by atoms with Crippen LogP contribution in [0.5, 0.6) is 11.5 Å². The predicted molar refractivity (Wildman–Crippen MR) is 118 cm³/mol. The number of aryl methyl sites for hydroxylation is 2. The minimum atomic E-state index is -4.10. The summed E-state index contributed by atoms with van der Waals surface area (Å²) in [4.78, 5) is 0.0534. The van der Waals surface area contributed by atoms with Crippen LogP contribution >= 0.6 is 31.9 Å². The fourth-order valence-corrected chi connectivity index (χ4v) is 6.30. The van der Waals surface area contributed by atoms with Crippen LogP contribution in [0.15, 0.2) is 59.0 Å². The third-order valence-corrected chi connectivity index (χ3v) is 7.75. The molecule has 8 heteroatoms. The Labute approximate surface area is 186 Å². The van der Waals surface area contributed by atoms with Crippen molar-refractivity contribution < 1.29 is 22.8 Å². The summed E-state index contributed by atoms with van der Waals surface area (Å²) >= 11 is 6.94. The van der Waals surface area contributed by atoms with Gasteiger partial charge >= 0.3 is 0 Å². The molecule has 1 fully saturated rings. The molecule has 152 valence electrons. The SMILES string of the molecule is Cc1ccc(C2(c3ccc(C)c(O)c3)OS(=O)(=O)C3=CC(Br)(Br)CC=C32)cc1O. The number of phenolic OH excluding ortho intramolecular Hbond substituents is 2. The Hall–Kier alpha value is -1.61. The molecule has 0 atom stereocenters. The second kappa shape index (κ2) is 6.70. The molecule has 0 radical (unpaired) electrons. The van der Waals surface area contributed by atoms with E-state index >= 15 is 0 Å². The highest BCUT2D eigenvalue weighted by atomic mass is 79.9. The maximum Gasteiger partial charge on any atom is 0.298 e. The van der Waals surface area contributed by atoms with Crippen LogP contribution in [0.1, 0.15) is 28.7 Å². The third kappa shape index (κ3) is 3.26. The molecule has 1 heterocycles. The number of allylic oxidation sites excluding steroid dienone is 2. The number of alkyl halides is 2. The number of hydrogen-bond acceptors (Lipinski definition) is 5. The van der Waals surface area contributed by atoms with Gasteiger partial charge in [0.25, 0.3) is 10.1 Å². The van der Waals surface area contributed by atoms with Gasteiger partial charge in [-0.3, -0.25) is 0 Å². The second-order valence-corrected chi connectivity index (χ2v) is 12.7. The summed E-state index contributed by atoms with van der Waals surface area (Å²) in [5.74, 6) is 0.0618. The Morgan fingerprint density at radius 1 is 0.966 bits per heavy atom. The Kier molecular flexibility index (Phi) is 4.77. The Bertz CT molecular complexity index is 1140. The van der Waals surface area contributed by atoms with Crippen molar-refractivity contribution in [1.29, 1.82) is 0 Å². The summed E-state index contributed by atoms with van der Waals surface area (Å²) < 4.78 is 31.2. The summed E-state index contributed by atoms with van der Waals surface area (Å²) in [6, 6.07) is 9.90. The van der Waals surface area contributed by atoms with Crippen LogP contribution in [-0.4, -0.2) is 21.9 Å². The van der Waals surface area contributed by atoms with E-state index in [1.54, 1.807) is 50.3 Å². The van der Waals surface area contributed by atoms with Crippen LogP contribution in [0.4, 0.5) is 0 Å². The van der Waals surface area contributed by atoms with Crippen molar-refractivity contribution in [3.63, 3.8) is 0 Å². The van der Waals surface area contributed by atoms with Gasteiger partial charge in [0.2, 0.25) is 0 Å². The van der Waals surface area contributed by atoms with Crippen LogP contribution in [0.25, 0.3) is 0 Å². The molecule has 0 bridgehead atoms. The fraction of sp³-hybridized carbons (Fsp3) is 0.238. The van der Waals surface area contributed by atoms with Gasteiger partial charge in [-0.2, -0.15) is 8.42 Å². The third-order valence-electron chi connectivity index (χ3n) is 5.30. The van der Waals surface area contributed by atoms with E-state index in [2.05, 4.69) is 31.9 Å². The summed E-state index contributed by atoms with van der Waals surface area (Å²) in [5, 5.41) is 20.7. The molecule has 0 amide bonds. The van der Waals surface area contributed by atoms with Crippen LogP contribution < -0.4 is 0 Å². The van der Waals surface area contributed by atoms with Crippen LogP contribution in [0, 0.1) is 13.8 Å². The zero-order valence-corrected chi connectivity index (χ0v) is 19.6. The van der Waals surface area contributed by atoms with Crippen molar-refractivity contribution in [2.24, 2.45) is 0 Å². The molecule has 4 rings (SSSR count). The van der Waals surface area contributed by atoms with E-state index in [1.807, 2.05) is 0 Å². The predicted octanol–water partition coefficient (Wildman–Crippen LogP) is 5.02. The lowest BCUT2D eigenvalue weighted by Crippen LogP contribution is -2.30. The van der Waals surface area contributed by atoms with Gasteiger partial charge < -0.3 is 10.2 Å². The summed E-state index contributed by atoms with van der Waals surface area (Å²) in [6.45, 7) is 3.51. The summed E-state index contributed by atoms with van der Waals surface area (Å²) in [5.41, 5.74) is 1.17. The van der Waals surface area contributed by atoms with E-state index in [0.29, 0.717) is 34.2 Å². The van der Waals surface area contributed by atoms with Crippen LogP contribution in [-0.2, 0) is 19.9 Å². The number of benzene rings is 2. The maximum absolute atomic E-state index is 13.1. The van der Waals surface area contributed by atoms with E-state index < -0.39 is 19.0 Å². The molecule has 1 saturated heterocycles. The number of rotatable bonds is 2. The van der Waals surface area contributed by atoms with E-state index in [1.165, 1.54) is 12.1 Å². The molecule has 0 aromatic heterocycles. The molecular formula is C21H18Br2O5S. The number of hydrogen-bond donors (Lipinski definition) is 2.